The molecule has 0 bridgehead atoms. The number of nitrogens with one attached hydrogen (secondary N) is 1. The molecule has 0 spiro atoms. The van der Waals surface area contributed by atoms with Crippen molar-refractivity contribution in [3.63, 3.8) is 0 Å². The standard InChI is InChI=1S/C25H32N4O6/c1-25(2,3)35-24(34)28-13-11-27(12-14-28)21(31)10-7-16-5-4-6-17-18(16)15-29(23(17)33)19-8-9-20(30)26-22(19)32/h4-6,19H,7-15H2,1-3H3,(H,26,30,32). The summed E-state index contributed by atoms with van der Waals surface area (Å²) in [5.74, 6) is -0.982. The third kappa shape index (κ3) is 5.47. The molecule has 0 saturated carbocycles. The van der Waals surface area contributed by atoms with Crippen LogP contribution in [0.2, 0.25) is 0 Å². The van der Waals surface area contributed by atoms with Crippen molar-refractivity contribution in [3.05, 3.63) is 34.9 Å². The second-order valence-corrected chi connectivity index (χ2v) is 10.2. The Morgan fingerprint density at radius 1 is 1.06 bits per heavy atom. The van der Waals surface area contributed by atoms with Crippen LogP contribution in [0.1, 0.15) is 61.5 Å². The third-order valence-corrected chi connectivity index (χ3v) is 6.57. The maximum absolute atomic E-state index is 13.0. The van der Waals surface area contributed by atoms with Crippen molar-refractivity contribution in [2.45, 2.75) is 64.6 Å². The van der Waals surface area contributed by atoms with Gasteiger partial charge in [0.05, 0.1) is 0 Å². The summed E-state index contributed by atoms with van der Waals surface area (Å²) in [6, 6.07) is 4.78. The van der Waals surface area contributed by atoms with Crippen LogP contribution in [-0.4, -0.2) is 82.2 Å². The largest absolute Gasteiger partial charge is 0.444 e. The summed E-state index contributed by atoms with van der Waals surface area (Å²) in [4.78, 5) is 66.7. The Balaban J connectivity index is 1.33. The van der Waals surface area contributed by atoms with Crippen molar-refractivity contribution in [1.82, 2.24) is 20.0 Å². The van der Waals surface area contributed by atoms with Crippen LogP contribution in [-0.2, 0) is 32.1 Å². The fraction of sp³-hybridized carbons (Fsp3) is 0.560. The van der Waals surface area contributed by atoms with Crippen molar-refractivity contribution in [2.24, 2.45) is 0 Å². The molecule has 3 heterocycles. The Kier molecular flexibility index (Phi) is 6.82. The maximum Gasteiger partial charge on any atom is 0.410 e. The van der Waals surface area contributed by atoms with E-state index in [1.54, 1.807) is 21.9 Å². The Labute approximate surface area is 204 Å². The van der Waals surface area contributed by atoms with E-state index in [2.05, 4.69) is 5.32 Å². The van der Waals surface area contributed by atoms with Gasteiger partial charge in [-0.2, -0.15) is 0 Å². The third-order valence-electron chi connectivity index (χ3n) is 6.57. The highest BCUT2D eigenvalue weighted by molar-refractivity contribution is 6.05. The van der Waals surface area contributed by atoms with E-state index in [1.807, 2.05) is 26.8 Å². The van der Waals surface area contributed by atoms with Gasteiger partial charge in [0.1, 0.15) is 11.6 Å². The number of piperazine rings is 1. The first-order valence-corrected chi connectivity index (χ1v) is 12.0. The monoisotopic (exact) mass is 484 g/mol. The minimum atomic E-state index is -0.664. The number of rotatable bonds is 4. The molecule has 2 fully saturated rings. The normalized spacial score (nSPS) is 20.6. The molecule has 1 aromatic carbocycles. The number of nitrogens with zero attached hydrogens (tertiary/aromatic N) is 3. The molecule has 0 aliphatic carbocycles. The summed E-state index contributed by atoms with van der Waals surface area (Å²) in [6.07, 6.45) is 0.919. The summed E-state index contributed by atoms with van der Waals surface area (Å²) in [5.41, 5.74) is 1.73. The number of benzene rings is 1. The first-order valence-electron chi connectivity index (χ1n) is 12.0. The van der Waals surface area contributed by atoms with Gasteiger partial charge in [-0.15, -0.1) is 0 Å². The number of amides is 5. The first-order chi connectivity index (χ1) is 16.5. The van der Waals surface area contributed by atoms with E-state index < -0.39 is 17.6 Å². The average Bonchev–Trinajstić information content (AvgIpc) is 3.13. The molecule has 5 amide bonds. The molecule has 1 aromatic rings. The number of fused-ring (bicyclic) bond motifs is 1. The molecule has 3 aliphatic heterocycles. The van der Waals surface area contributed by atoms with E-state index in [4.69, 9.17) is 4.74 Å². The SMILES string of the molecule is CC(C)(C)OC(=O)N1CCN(C(=O)CCc2cccc3c2CN(C2CCC(=O)NC2=O)C3=O)CC1. The number of carbonyl (C=O) groups is 5. The van der Waals surface area contributed by atoms with Gasteiger partial charge in [0, 0.05) is 51.1 Å². The van der Waals surface area contributed by atoms with Gasteiger partial charge >= 0.3 is 6.09 Å². The Morgan fingerprint density at radius 2 is 1.74 bits per heavy atom. The molecule has 35 heavy (non-hydrogen) atoms. The second-order valence-electron chi connectivity index (χ2n) is 10.2. The summed E-state index contributed by atoms with van der Waals surface area (Å²) in [7, 11) is 0. The zero-order valence-corrected chi connectivity index (χ0v) is 20.5. The van der Waals surface area contributed by atoms with Crippen molar-refractivity contribution in [2.75, 3.05) is 26.2 Å². The predicted octanol–water partition coefficient (Wildman–Crippen LogP) is 1.46. The van der Waals surface area contributed by atoms with Crippen LogP contribution >= 0.6 is 0 Å². The van der Waals surface area contributed by atoms with Gasteiger partial charge in [-0.1, -0.05) is 12.1 Å². The first kappa shape index (κ1) is 24.7. The Morgan fingerprint density at radius 3 is 2.40 bits per heavy atom. The molecule has 1 atom stereocenters. The number of ether oxygens (including phenoxy) is 1. The number of hydrogen-bond donors (Lipinski definition) is 1. The van der Waals surface area contributed by atoms with Crippen LogP contribution in [0.5, 0.6) is 0 Å². The van der Waals surface area contributed by atoms with Crippen LogP contribution in [0.25, 0.3) is 0 Å². The molecule has 4 rings (SSSR count). The molecule has 0 aromatic heterocycles. The number of imide groups is 1. The van der Waals surface area contributed by atoms with Crippen molar-refractivity contribution in [3.8, 4) is 0 Å². The van der Waals surface area contributed by atoms with Gasteiger partial charge in [-0.05, 0) is 50.8 Å². The highest BCUT2D eigenvalue weighted by Gasteiger charge is 2.39. The minimum absolute atomic E-state index is 0.00204. The summed E-state index contributed by atoms with van der Waals surface area (Å²) >= 11 is 0. The van der Waals surface area contributed by atoms with E-state index in [1.165, 1.54) is 4.90 Å². The molecule has 10 nitrogen and oxygen atoms in total. The number of hydrogen-bond acceptors (Lipinski definition) is 6. The van der Waals surface area contributed by atoms with Crippen LogP contribution in [0, 0.1) is 0 Å². The van der Waals surface area contributed by atoms with E-state index >= 15 is 0 Å². The lowest BCUT2D eigenvalue weighted by Gasteiger charge is -2.35. The Hall–Kier alpha value is -3.43. The highest BCUT2D eigenvalue weighted by Crippen LogP contribution is 2.30. The fourth-order valence-electron chi connectivity index (χ4n) is 4.75. The van der Waals surface area contributed by atoms with E-state index in [0.29, 0.717) is 51.1 Å². The van der Waals surface area contributed by atoms with Crippen molar-refractivity contribution in [1.29, 1.82) is 0 Å². The average molecular weight is 485 g/mol. The van der Waals surface area contributed by atoms with Crippen LogP contribution < -0.4 is 5.32 Å². The van der Waals surface area contributed by atoms with Gasteiger partial charge in [0.15, 0.2) is 0 Å². The van der Waals surface area contributed by atoms with Crippen molar-refractivity contribution >= 4 is 29.7 Å². The van der Waals surface area contributed by atoms with Crippen LogP contribution in [0.4, 0.5) is 4.79 Å². The predicted molar refractivity (Wildman–Crippen MR) is 125 cm³/mol. The number of aryl methyl sites for hydroxylation is 1. The molecule has 1 N–H and O–H groups in total. The molecular formula is C25H32N4O6. The zero-order valence-electron chi connectivity index (χ0n) is 20.5. The molecule has 0 radical (unpaired) electrons. The molecule has 2 saturated heterocycles. The van der Waals surface area contributed by atoms with E-state index in [0.717, 1.165) is 11.1 Å². The van der Waals surface area contributed by atoms with Crippen molar-refractivity contribution < 1.29 is 28.7 Å². The molecule has 10 heteroatoms. The maximum atomic E-state index is 13.0. The molecule has 188 valence electrons. The van der Waals surface area contributed by atoms with Gasteiger partial charge in [-0.25, -0.2) is 4.79 Å². The zero-order chi connectivity index (χ0) is 25.3. The topological polar surface area (TPSA) is 116 Å². The molecular weight excluding hydrogens is 452 g/mol. The highest BCUT2D eigenvalue weighted by atomic mass is 16.6. The van der Waals surface area contributed by atoms with Gasteiger partial charge in [0.2, 0.25) is 17.7 Å². The van der Waals surface area contributed by atoms with E-state index in [9.17, 15) is 24.0 Å². The number of piperidine rings is 1. The lowest BCUT2D eigenvalue weighted by molar-refractivity contribution is -0.137. The lowest BCUT2D eigenvalue weighted by Crippen LogP contribution is -2.52. The molecule has 3 aliphatic rings. The van der Waals surface area contributed by atoms with Gasteiger partial charge in [0.25, 0.3) is 5.91 Å². The lowest BCUT2D eigenvalue weighted by atomic mass is 9.99. The summed E-state index contributed by atoms with van der Waals surface area (Å²) in [6.45, 7) is 7.51. The van der Waals surface area contributed by atoms with Gasteiger partial charge in [-0.3, -0.25) is 24.5 Å². The van der Waals surface area contributed by atoms with Gasteiger partial charge < -0.3 is 19.4 Å². The smallest absolute Gasteiger partial charge is 0.410 e. The quantitative estimate of drug-likeness (QED) is 0.647. The fourth-order valence-corrected chi connectivity index (χ4v) is 4.75. The summed E-state index contributed by atoms with van der Waals surface area (Å²) in [5, 5.41) is 2.31. The number of carbonyl (C=O) groups excluding carboxylic acids is 5. The second kappa shape index (κ2) is 9.67. The summed E-state index contributed by atoms with van der Waals surface area (Å²) < 4.78 is 5.40. The van der Waals surface area contributed by atoms with Crippen LogP contribution in [0.15, 0.2) is 18.2 Å². The molecule has 1 unspecified atom stereocenters. The Bertz CT molecular complexity index is 1050. The minimum Gasteiger partial charge on any atom is -0.444 e. The van der Waals surface area contributed by atoms with Crippen LogP contribution in [0.3, 0.4) is 0 Å². The van der Waals surface area contributed by atoms with E-state index in [-0.39, 0.29) is 36.7 Å².